The molecule has 1 aliphatic heterocycles. The van der Waals surface area contributed by atoms with E-state index in [1.807, 2.05) is 13.1 Å². The van der Waals surface area contributed by atoms with Crippen LogP contribution in [0.2, 0.25) is 0 Å². The normalized spacial score (nSPS) is 16.9. The van der Waals surface area contributed by atoms with Gasteiger partial charge in [-0.15, -0.1) is 0 Å². The Hall–Kier alpha value is -2.84. The van der Waals surface area contributed by atoms with Gasteiger partial charge < -0.3 is 24.0 Å². The van der Waals surface area contributed by atoms with Crippen molar-refractivity contribution in [3.63, 3.8) is 0 Å². The Balaban J connectivity index is 1.78. The highest BCUT2D eigenvalue weighted by Gasteiger charge is 2.26. The molecule has 9 nitrogen and oxygen atoms in total. The fourth-order valence-corrected chi connectivity index (χ4v) is 3.01. The van der Waals surface area contributed by atoms with Gasteiger partial charge in [-0.2, -0.15) is 15.0 Å². The largest absolute Gasteiger partial charge is 0.481 e. The van der Waals surface area contributed by atoms with Crippen LogP contribution < -0.4 is 24.0 Å². The first-order chi connectivity index (χ1) is 12.6. The molecule has 0 saturated carbocycles. The summed E-state index contributed by atoms with van der Waals surface area (Å²) in [5, 5.41) is 0. The van der Waals surface area contributed by atoms with Crippen molar-refractivity contribution >= 4 is 11.8 Å². The maximum absolute atomic E-state index is 5.26. The lowest BCUT2D eigenvalue weighted by molar-refractivity contribution is 0.351. The van der Waals surface area contributed by atoms with Crippen LogP contribution >= 0.6 is 0 Å². The lowest BCUT2D eigenvalue weighted by Crippen LogP contribution is -2.47. The van der Waals surface area contributed by atoms with Gasteiger partial charge in [-0.3, -0.25) is 0 Å². The molecule has 1 unspecified atom stereocenters. The molecule has 1 fully saturated rings. The van der Waals surface area contributed by atoms with Crippen molar-refractivity contribution in [2.24, 2.45) is 0 Å². The molecule has 1 aliphatic rings. The standard InChI is InChI=1S/C17H24N6O3/c1-22(16-18-8-7-14(20-16)24-2)12-6-5-9-23(11-12)13-10-15(25-3)21-17(19-13)26-4/h7-8,10,12H,5-6,9,11H2,1-4H3. The van der Waals surface area contributed by atoms with Crippen LogP contribution in [0.4, 0.5) is 11.8 Å². The van der Waals surface area contributed by atoms with E-state index in [1.54, 1.807) is 33.6 Å². The number of hydrogen-bond donors (Lipinski definition) is 0. The second-order valence-corrected chi connectivity index (χ2v) is 6.01. The predicted octanol–water partition coefficient (Wildman–Crippen LogP) is 1.40. The zero-order chi connectivity index (χ0) is 18.5. The third kappa shape index (κ3) is 3.87. The summed E-state index contributed by atoms with van der Waals surface area (Å²) < 4.78 is 15.6. The van der Waals surface area contributed by atoms with Crippen LogP contribution in [0.3, 0.4) is 0 Å². The smallest absolute Gasteiger partial charge is 0.321 e. The van der Waals surface area contributed by atoms with Crippen LogP contribution in [0.1, 0.15) is 12.8 Å². The zero-order valence-electron chi connectivity index (χ0n) is 15.5. The van der Waals surface area contributed by atoms with Crippen LogP contribution in [-0.4, -0.2) is 67.4 Å². The minimum atomic E-state index is 0.253. The first-order valence-corrected chi connectivity index (χ1v) is 8.46. The number of hydrogen-bond acceptors (Lipinski definition) is 9. The number of anilines is 2. The molecule has 3 heterocycles. The van der Waals surface area contributed by atoms with E-state index in [1.165, 1.54) is 0 Å². The van der Waals surface area contributed by atoms with E-state index in [9.17, 15) is 0 Å². The number of likely N-dealkylation sites (N-methyl/N-ethyl adjacent to an activating group) is 1. The molecule has 2 aromatic heterocycles. The Morgan fingerprint density at radius 3 is 2.62 bits per heavy atom. The summed E-state index contributed by atoms with van der Waals surface area (Å²) in [6.07, 6.45) is 3.79. The van der Waals surface area contributed by atoms with Crippen molar-refractivity contribution in [2.75, 3.05) is 51.3 Å². The SMILES string of the molecule is COc1cc(N2CCCC(N(C)c3nccc(OC)n3)C2)nc(OC)n1. The molecule has 0 N–H and O–H groups in total. The van der Waals surface area contributed by atoms with Crippen molar-refractivity contribution in [1.82, 2.24) is 19.9 Å². The van der Waals surface area contributed by atoms with Crippen LogP contribution in [0.15, 0.2) is 18.3 Å². The molecule has 2 aromatic rings. The summed E-state index contributed by atoms with van der Waals surface area (Å²) >= 11 is 0. The number of nitrogens with zero attached hydrogens (tertiary/aromatic N) is 6. The lowest BCUT2D eigenvalue weighted by atomic mass is 10.0. The highest BCUT2D eigenvalue weighted by Crippen LogP contribution is 2.26. The maximum Gasteiger partial charge on any atom is 0.321 e. The molecular weight excluding hydrogens is 336 g/mol. The second-order valence-electron chi connectivity index (χ2n) is 6.01. The van der Waals surface area contributed by atoms with Gasteiger partial charge in [-0.25, -0.2) is 4.98 Å². The van der Waals surface area contributed by atoms with E-state index in [2.05, 4.69) is 29.7 Å². The molecule has 1 saturated heterocycles. The summed E-state index contributed by atoms with van der Waals surface area (Å²) in [6, 6.07) is 4.12. The van der Waals surface area contributed by atoms with E-state index in [0.29, 0.717) is 23.7 Å². The van der Waals surface area contributed by atoms with Gasteiger partial charge in [-0.1, -0.05) is 0 Å². The fraction of sp³-hybridized carbons (Fsp3) is 0.529. The van der Waals surface area contributed by atoms with Crippen LogP contribution in [0.5, 0.6) is 17.8 Å². The quantitative estimate of drug-likeness (QED) is 0.758. The van der Waals surface area contributed by atoms with E-state index in [4.69, 9.17) is 14.2 Å². The second kappa shape index (κ2) is 8.03. The Morgan fingerprint density at radius 2 is 1.88 bits per heavy atom. The molecule has 140 valence electrons. The summed E-state index contributed by atoms with van der Waals surface area (Å²) in [6.45, 7) is 1.70. The van der Waals surface area contributed by atoms with E-state index in [-0.39, 0.29) is 6.04 Å². The van der Waals surface area contributed by atoms with Crippen LogP contribution in [0.25, 0.3) is 0 Å². The van der Waals surface area contributed by atoms with Gasteiger partial charge in [0.1, 0.15) is 5.82 Å². The summed E-state index contributed by atoms with van der Waals surface area (Å²) in [7, 11) is 6.73. The summed E-state index contributed by atoms with van der Waals surface area (Å²) in [5.74, 6) is 2.48. The highest BCUT2D eigenvalue weighted by molar-refractivity contribution is 5.45. The van der Waals surface area contributed by atoms with Gasteiger partial charge in [0.15, 0.2) is 0 Å². The topological polar surface area (TPSA) is 85.7 Å². The van der Waals surface area contributed by atoms with Crippen molar-refractivity contribution in [1.29, 1.82) is 0 Å². The summed E-state index contributed by atoms with van der Waals surface area (Å²) in [5.41, 5.74) is 0. The molecule has 9 heteroatoms. The third-order valence-corrected chi connectivity index (χ3v) is 4.47. The van der Waals surface area contributed by atoms with Crippen molar-refractivity contribution < 1.29 is 14.2 Å². The molecule has 3 rings (SSSR count). The van der Waals surface area contributed by atoms with E-state index < -0.39 is 0 Å². The molecular formula is C17H24N6O3. The molecule has 0 aromatic carbocycles. The van der Waals surface area contributed by atoms with Gasteiger partial charge >= 0.3 is 6.01 Å². The highest BCUT2D eigenvalue weighted by atomic mass is 16.5. The van der Waals surface area contributed by atoms with Gasteiger partial charge in [0.05, 0.1) is 21.3 Å². The van der Waals surface area contributed by atoms with E-state index in [0.717, 1.165) is 31.7 Å². The number of methoxy groups -OCH3 is 3. The van der Waals surface area contributed by atoms with Crippen LogP contribution in [0, 0.1) is 0 Å². The monoisotopic (exact) mass is 360 g/mol. The van der Waals surface area contributed by atoms with Crippen molar-refractivity contribution in [3.8, 4) is 17.8 Å². The average Bonchev–Trinajstić information content (AvgIpc) is 2.72. The minimum Gasteiger partial charge on any atom is -0.481 e. The minimum absolute atomic E-state index is 0.253. The number of piperidine rings is 1. The molecule has 26 heavy (non-hydrogen) atoms. The van der Waals surface area contributed by atoms with Crippen molar-refractivity contribution in [2.45, 2.75) is 18.9 Å². The molecule has 0 spiro atoms. The number of rotatable bonds is 6. The Morgan fingerprint density at radius 1 is 1.08 bits per heavy atom. The number of aromatic nitrogens is 4. The molecule has 0 amide bonds. The van der Waals surface area contributed by atoms with Crippen molar-refractivity contribution in [3.05, 3.63) is 18.3 Å². The fourth-order valence-electron chi connectivity index (χ4n) is 3.01. The first-order valence-electron chi connectivity index (χ1n) is 8.46. The van der Waals surface area contributed by atoms with E-state index >= 15 is 0 Å². The zero-order valence-corrected chi connectivity index (χ0v) is 15.5. The first kappa shape index (κ1) is 18.0. The Kier molecular flexibility index (Phi) is 5.55. The maximum atomic E-state index is 5.26. The lowest BCUT2D eigenvalue weighted by Gasteiger charge is -2.38. The molecule has 0 bridgehead atoms. The predicted molar refractivity (Wildman–Crippen MR) is 97.4 cm³/mol. The number of ether oxygens (including phenoxy) is 3. The molecule has 1 atom stereocenters. The molecule has 0 aliphatic carbocycles. The van der Waals surface area contributed by atoms with Gasteiger partial charge in [0.25, 0.3) is 0 Å². The molecule has 0 radical (unpaired) electrons. The van der Waals surface area contributed by atoms with Gasteiger partial charge in [0.2, 0.25) is 17.7 Å². The third-order valence-electron chi connectivity index (χ3n) is 4.47. The van der Waals surface area contributed by atoms with Crippen LogP contribution in [-0.2, 0) is 0 Å². The Bertz CT molecular complexity index is 722. The average molecular weight is 360 g/mol. The van der Waals surface area contributed by atoms with Gasteiger partial charge in [0, 0.05) is 44.5 Å². The summed E-state index contributed by atoms with van der Waals surface area (Å²) in [4.78, 5) is 21.7. The Labute approximate surface area is 153 Å². The van der Waals surface area contributed by atoms with Gasteiger partial charge in [-0.05, 0) is 12.8 Å².